The Bertz CT molecular complexity index is 1500. The Labute approximate surface area is 297 Å². The van der Waals surface area contributed by atoms with Crippen molar-refractivity contribution in [3.63, 3.8) is 0 Å². The number of amides is 3. The van der Waals surface area contributed by atoms with Gasteiger partial charge < -0.3 is 29.3 Å². The predicted octanol–water partition coefficient (Wildman–Crippen LogP) is 5.07. The normalized spacial score (nSPS) is 32.7. The molecule has 5 rings (SSSR count). The minimum absolute atomic E-state index is 0.0831. The third-order valence-corrected chi connectivity index (χ3v) is 11.4. The van der Waals surface area contributed by atoms with Gasteiger partial charge in [0.15, 0.2) is 0 Å². The van der Waals surface area contributed by atoms with Crippen molar-refractivity contribution in [1.82, 2.24) is 14.7 Å². The third kappa shape index (κ3) is 6.77. The van der Waals surface area contributed by atoms with Gasteiger partial charge in [-0.25, -0.2) is 0 Å². The Hall–Kier alpha value is -3.50. The number of carbonyl (C=O) groups excluding carboxylic acids is 4. The average Bonchev–Trinajstić information content (AvgIpc) is 3.44. The topological polar surface area (TPSA) is 117 Å². The van der Waals surface area contributed by atoms with Crippen LogP contribution in [0.4, 0.5) is 0 Å². The van der Waals surface area contributed by atoms with E-state index in [0.29, 0.717) is 25.8 Å². The van der Waals surface area contributed by atoms with Gasteiger partial charge in [0.2, 0.25) is 17.7 Å². The van der Waals surface area contributed by atoms with E-state index in [2.05, 4.69) is 20.8 Å². The van der Waals surface area contributed by atoms with E-state index in [0.717, 1.165) is 5.56 Å². The van der Waals surface area contributed by atoms with Gasteiger partial charge in [-0.05, 0) is 50.5 Å². The smallest absolute Gasteiger partial charge is 0.313 e. The monoisotopic (exact) mass is 691 g/mol. The van der Waals surface area contributed by atoms with Gasteiger partial charge in [0.25, 0.3) is 0 Å². The Morgan fingerprint density at radius 2 is 1.70 bits per heavy atom. The fourth-order valence-corrected chi connectivity index (χ4v) is 8.94. The highest BCUT2D eigenvalue weighted by Gasteiger charge is 2.73. The highest BCUT2D eigenvalue weighted by atomic mass is 16.6. The number of aliphatic hydroxyl groups is 1. The fourth-order valence-electron chi connectivity index (χ4n) is 8.94. The van der Waals surface area contributed by atoms with Crippen molar-refractivity contribution in [2.24, 2.45) is 23.2 Å². The average molecular weight is 692 g/mol. The zero-order valence-electron chi connectivity index (χ0n) is 31.3. The molecule has 4 aliphatic heterocycles. The molecular weight excluding hydrogens is 634 g/mol. The molecule has 2 fully saturated rings. The summed E-state index contributed by atoms with van der Waals surface area (Å²) < 4.78 is 13.3. The van der Waals surface area contributed by atoms with Gasteiger partial charge in [-0.1, -0.05) is 95.7 Å². The number of aliphatic hydroxyl groups excluding tert-OH is 1. The molecule has 0 radical (unpaired) electrons. The highest BCUT2D eigenvalue weighted by molar-refractivity contribution is 5.99. The maximum absolute atomic E-state index is 15.1. The summed E-state index contributed by atoms with van der Waals surface area (Å²) in [6.07, 6.45) is 7.65. The van der Waals surface area contributed by atoms with Crippen LogP contribution in [0.5, 0.6) is 0 Å². The van der Waals surface area contributed by atoms with Crippen LogP contribution in [0.2, 0.25) is 0 Å². The van der Waals surface area contributed by atoms with Crippen molar-refractivity contribution >= 4 is 23.7 Å². The summed E-state index contributed by atoms with van der Waals surface area (Å²) in [5.74, 6) is -3.66. The van der Waals surface area contributed by atoms with Gasteiger partial charge in [-0.2, -0.15) is 0 Å². The highest BCUT2D eigenvalue weighted by Crippen LogP contribution is 2.55. The molecule has 1 spiro atoms. The molecule has 1 aromatic carbocycles. The summed E-state index contributed by atoms with van der Waals surface area (Å²) in [7, 11) is 1.71. The first-order valence-electron chi connectivity index (χ1n) is 18.3. The molecule has 0 saturated carbocycles. The second kappa shape index (κ2) is 14.3. The first-order chi connectivity index (χ1) is 23.5. The number of hydrogen-bond donors (Lipinski definition) is 1. The van der Waals surface area contributed by atoms with Crippen LogP contribution in [0.3, 0.4) is 0 Å². The summed E-state index contributed by atoms with van der Waals surface area (Å²) in [5, 5.41) is 10.8. The van der Waals surface area contributed by atoms with Crippen LogP contribution in [0.15, 0.2) is 54.6 Å². The SMILES string of the molecule is CC[C@H](C)[C@H](CO)N1C(=O)[C@H]2[C@@H]3C(=O)O[C@@H](c4ccccc4)[C@H](C)N(C)C(=O)CC/C=C\[C@@H]3O[C@]23C=CCN(C(C)(C)CC(C)(C)C)C(=O)[C@H]13. The maximum atomic E-state index is 15.1. The van der Waals surface area contributed by atoms with Crippen LogP contribution in [-0.4, -0.2) is 99.1 Å². The summed E-state index contributed by atoms with van der Waals surface area (Å²) in [4.78, 5) is 63.0. The van der Waals surface area contributed by atoms with Crippen LogP contribution >= 0.6 is 0 Å². The molecule has 4 aliphatic rings. The van der Waals surface area contributed by atoms with Crippen LogP contribution < -0.4 is 0 Å². The van der Waals surface area contributed by atoms with Crippen LogP contribution in [-0.2, 0) is 28.7 Å². The molecule has 1 aromatic rings. The Morgan fingerprint density at radius 3 is 2.32 bits per heavy atom. The summed E-state index contributed by atoms with van der Waals surface area (Å²) >= 11 is 0. The minimum Gasteiger partial charge on any atom is -0.455 e. The number of cyclic esters (lactones) is 1. The number of likely N-dealkylation sites (tertiary alicyclic amines) is 1. The number of likely N-dealkylation sites (N-methyl/N-ethyl adjacent to an activating group) is 1. The zero-order chi connectivity index (χ0) is 36.8. The van der Waals surface area contributed by atoms with Crippen molar-refractivity contribution in [3.05, 3.63) is 60.2 Å². The lowest BCUT2D eigenvalue weighted by atomic mass is 9.77. The van der Waals surface area contributed by atoms with E-state index in [9.17, 15) is 14.7 Å². The van der Waals surface area contributed by atoms with Crippen molar-refractivity contribution in [3.8, 4) is 0 Å². The van der Waals surface area contributed by atoms with Crippen molar-refractivity contribution in [2.75, 3.05) is 20.2 Å². The molecule has 10 nitrogen and oxygen atoms in total. The van der Waals surface area contributed by atoms with Crippen molar-refractivity contribution < 1.29 is 33.8 Å². The molecular formula is C40H57N3O7. The van der Waals surface area contributed by atoms with E-state index in [1.165, 1.54) is 0 Å². The van der Waals surface area contributed by atoms with Crippen LogP contribution in [0, 0.1) is 23.2 Å². The van der Waals surface area contributed by atoms with Crippen molar-refractivity contribution in [1.29, 1.82) is 0 Å². The molecule has 0 aromatic heterocycles. The molecule has 1 N–H and O–H groups in total. The summed E-state index contributed by atoms with van der Waals surface area (Å²) in [6.45, 7) is 16.3. The van der Waals surface area contributed by atoms with E-state index in [1.807, 2.05) is 88.1 Å². The lowest BCUT2D eigenvalue weighted by Crippen LogP contribution is -2.62. The molecule has 0 unspecified atom stereocenters. The standard InChI is InChI=1S/C40H57N3O7/c1-10-25(2)28(23-44)43-34-36(47)42(39(7,8)24-38(4,5)6)22-16-21-40(34)32(35(43)46)31-29(50-40)19-14-15-20-30(45)41(9)26(3)33(49-37(31)48)27-17-12-11-13-18-27/h11-14,16-19,21,25-26,28-29,31-34,44H,10,15,20,22-24H2,1-9H3/b19-14-/t25-,26-,28-,29-,31+,32+,33+,34-,40+/m0/s1. The van der Waals surface area contributed by atoms with Gasteiger partial charge >= 0.3 is 5.97 Å². The Kier molecular flexibility index (Phi) is 10.8. The number of rotatable bonds is 7. The van der Waals surface area contributed by atoms with Gasteiger partial charge in [0.05, 0.1) is 30.7 Å². The molecule has 10 heteroatoms. The van der Waals surface area contributed by atoms with E-state index >= 15 is 9.59 Å². The zero-order valence-corrected chi connectivity index (χ0v) is 31.3. The van der Waals surface area contributed by atoms with E-state index in [1.54, 1.807) is 22.9 Å². The van der Waals surface area contributed by atoms with Gasteiger partial charge in [-0.3, -0.25) is 19.2 Å². The third-order valence-electron chi connectivity index (χ3n) is 11.4. The maximum Gasteiger partial charge on any atom is 0.313 e. The minimum atomic E-state index is -1.49. The number of hydrogen-bond acceptors (Lipinski definition) is 7. The lowest BCUT2D eigenvalue weighted by Gasteiger charge is -2.46. The molecule has 50 heavy (non-hydrogen) atoms. The number of nitrogens with zero attached hydrogens (tertiary/aromatic N) is 3. The Balaban J connectivity index is 1.66. The molecule has 274 valence electrons. The number of esters is 1. The van der Waals surface area contributed by atoms with E-state index < -0.39 is 65.2 Å². The van der Waals surface area contributed by atoms with Gasteiger partial charge in [0, 0.05) is 25.6 Å². The largest absolute Gasteiger partial charge is 0.455 e. The van der Waals surface area contributed by atoms with Crippen LogP contribution in [0.1, 0.15) is 92.7 Å². The first-order valence-corrected chi connectivity index (χ1v) is 18.3. The molecule has 0 aliphatic carbocycles. The molecule has 9 atom stereocenters. The number of carbonyl (C=O) groups is 4. The summed E-state index contributed by atoms with van der Waals surface area (Å²) in [5.41, 5.74) is -1.43. The van der Waals surface area contributed by atoms with Crippen molar-refractivity contribution in [2.45, 2.75) is 123 Å². The fraction of sp³-hybridized carbons (Fsp3) is 0.650. The van der Waals surface area contributed by atoms with E-state index in [-0.39, 0.29) is 36.2 Å². The first kappa shape index (κ1) is 37.7. The van der Waals surface area contributed by atoms with Gasteiger partial charge in [-0.15, -0.1) is 0 Å². The number of fused-ring (bicyclic) bond motifs is 2. The predicted molar refractivity (Wildman–Crippen MR) is 190 cm³/mol. The summed E-state index contributed by atoms with van der Waals surface area (Å²) in [6, 6.07) is 7.03. The molecule has 2 saturated heterocycles. The van der Waals surface area contributed by atoms with Crippen LogP contribution in [0.25, 0.3) is 0 Å². The Morgan fingerprint density at radius 1 is 1.02 bits per heavy atom. The number of ether oxygens (including phenoxy) is 2. The van der Waals surface area contributed by atoms with Gasteiger partial charge in [0.1, 0.15) is 23.7 Å². The lowest BCUT2D eigenvalue weighted by molar-refractivity contribution is -0.165. The molecule has 4 heterocycles. The quantitative estimate of drug-likeness (QED) is 0.314. The van der Waals surface area contributed by atoms with E-state index in [4.69, 9.17) is 9.47 Å². The number of allylic oxidation sites excluding steroid dienone is 1. The second-order valence-corrected chi connectivity index (χ2v) is 16.6. The molecule has 0 bridgehead atoms. The second-order valence-electron chi connectivity index (χ2n) is 16.6. The molecule has 3 amide bonds. The number of benzene rings is 1.